The van der Waals surface area contributed by atoms with Crippen LogP contribution in [-0.2, 0) is 14.4 Å². The quantitative estimate of drug-likeness (QED) is 0.762. The Morgan fingerprint density at radius 2 is 2.05 bits per heavy atom. The Hall–Kier alpha value is -1.24. The summed E-state index contributed by atoms with van der Waals surface area (Å²) in [6.07, 6.45) is 0.742. The molecule has 0 saturated carbocycles. The number of carbonyl (C=O) groups excluding carboxylic acids is 2. The predicted octanol–water partition coefficient (Wildman–Crippen LogP) is 0.915. The van der Waals surface area contributed by atoms with E-state index in [-0.39, 0.29) is 11.8 Å². The van der Waals surface area contributed by atoms with E-state index in [1.807, 2.05) is 0 Å². The van der Waals surface area contributed by atoms with Gasteiger partial charge in [0.05, 0.1) is 11.3 Å². The van der Waals surface area contributed by atoms with Crippen LogP contribution in [0.3, 0.4) is 0 Å². The Balaban J connectivity index is 2.47. The first-order chi connectivity index (χ1) is 9.29. The Morgan fingerprint density at radius 1 is 1.40 bits per heavy atom. The lowest BCUT2D eigenvalue weighted by Gasteiger charge is -2.24. The molecule has 0 bridgehead atoms. The number of thioether (sulfide) groups is 1. The van der Waals surface area contributed by atoms with Crippen LogP contribution >= 0.6 is 11.8 Å². The molecule has 20 heavy (non-hydrogen) atoms. The number of carboxylic acid groups (broad SMARTS) is 1. The van der Waals surface area contributed by atoms with Crippen LogP contribution in [0.25, 0.3) is 0 Å². The second-order valence-electron chi connectivity index (χ2n) is 5.46. The van der Waals surface area contributed by atoms with Crippen molar-refractivity contribution in [2.45, 2.75) is 39.7 Å². The summed E-state index contributed by atoms with van der Waals surface area (Å²) in [6.45, 7) is 5.32. The van der Waals surface area contributed by atoms with Gasteiger partial charge in [0, 0.05) is 18.7 Å². The average molecular weight is 302 g/mol. The third-order valence-electron chi connectivity index (χ3n) is 3.44. The second kappa shape index (κ2) is 6.97. The minimum atomic E-state index is -0.883. The number of hydrogen-bond acceptors (Lipinski definition) is 4. The zero-order valence-corrected chi connectivity index (χ0v) is 13.0. The van der Waals surface area contributed by atoms with Crippen molar-refractivity contribution >= 4 is 29.5 Å². The zero-order valence-electron chi connectivity index (χ0n) is 12.1. The summed E-state index contributed by atoms with van der Waals surface area (Å²) >= 11 is 1.56. The molecule has 1 atom stereocenters. The Bertz CT molecular complexity index is 398. The molecule has 7 heteroatoms. The van der Waals surface area contributed by atoms with Crippen LogP contribution in [0.4, 0.5) is 0 Å². The maximum atomic E-state index is 12.1. The van der Waals surface area contributed by atoms with Gasteiger partial charge in [-0.05, 0) is 20.3 Å². The van der Waals surface area contributed by atoms with Gasteiger partial charge in [0.15, 0.2) is 0 Å². The molecule has 2 N–H and O–H groups in total. The van der Waals surface area contributed by atoms with Crippen LogP contribution < -0.4 is 5.32 Å². The van der Waals surface area contributed by atoms with Crippen molar-refractivity contribution in [1.82, 2.24) is 10.2 Å². The SMILES string of the molecule is CCC(=O)N1CSCC1C(=O)NCCC(C)(C)C(=O)O. The molecule has 0 aliphatic carbocycles. The molecule has 6 nitrogen and oxygen atoms in total. The van der Waals surface area contributed by atoms with Gasteiger partial charge >= 0.3 is 5.97 Å². The van der Waals surface area contributed by atoms with Crippen molar-refractivity contribution in [2.75, 3.05) is 18.2 Å². The van der Waals surface area contributed by atoms with Crippen molar-refractivity contribution < 1.29 is 19.5 Å². The number of rotatable bonds is 6. The maximum Gasteiger partial charge on any atom is 0.309 e. The smallest absolute Gasteiger partial charge is 0.309 e. The van der Waals surface area contributed by atoms with Gasteiger partial charge in [-0.25, -0.2) is 0 Å². The van der Waals surface area contributed by atoms with E-state index in [1.54, 1.807) is 37.4 Å². The number of nitrogens with zero attached hydrogens (tertiary/aromatic N) is 1. The number of nitrogens with one attached hydrogen (secondary N) is 1. The van der Waals surface area contributed by atoms with Gasteiger partial charge in [-0.3, -0.25) is 14.4 Å². The topological polar surface area (TPSA) is 86.7 Å². The van der Waals surface area contributed by atoms with E-state index in [0.29, 0.717) is 31.0 Å². The predicted molar refractivity (Wildman–Crippen MR) is 77.3 cm³/mol. The highest BCUT2D eigenvalue weighted by atomic mass is 32.2. The summed E-state index contributed by atoms with van der Waals surface area (Å²) in [7, 11) is 0. The van der Waals surface area contributed by atoms with Gasteiger partial charge in [0.25, 0.3) is 0 Å². The van der Waals surface area contributed by atoms with Gasteiger partial charge in [-0.1, -0.05) is 6.92 Å². The van der Waals surface area contributed by atoms with Crippen molar-refractivity contribution in [3.63, 3.8) is 0 Å². The fourth-order valence-corrected chi connectivity index (χ4v) is 3.01. The molecule has 0 radical (unpaired) electrons. The fourth-order valence-electron chi connectivity index (χ4n) is 1.83. The largest absolute Gasteiger partial charge is 0.481 e. The number of carboxylic acids is 1. The van der Waals surface area contributed by atoms with Crippen molar-refractivity contribution in [3.05, 3.63) is 0 Å². The summed E-state index contributed by atoms with van der Waals surface area (Å²) in [5.41, 5.74) is -0.864. The van der Waals surface area contributed by atoms with Crippen molar-refractivity contribution in [3.8, 4) is 0 Å². The highest BCUT2D eigenvalue weighted by Crippen LogP contribution is 2.22. The first-order valence-corrected chi connectivity index (χ1v) is 7.83. The highest BCUT2D eigenvalue weighted by Gasteiger charge is 2.34. The van der Waals surface area contributed by atoms with Gasteiger partial charge in [0.2, 0.25) is 11.8 Å². The molecule has 114 valence electrons. The lowest BCUT2D eigenvalue weighted by atomic mass is 9.90. The van der Waals surface area contributed by atoms with Crippen LogP contribution in [0.5, 0.6) is 0 Å². The molecular weight excluding hydrogens is 280 g/mol. The summed E-state index contributed by atoms with van der Waals surface area (Å²) < 4.78 is 0. The molecule has 1 aliphatic heterocycles. The Kier molecular flexibility index (Phi) is 5.86. The van der Waals surface area contributed by atoms with E-state index in [0.717, 1.165) is 0 Å². The molecule has 2 amide bonds. The Labute approximate surface area is 123 Å². The van der Waals surface area contributed by atoms with Crippen LogP contribution in [0.1, 0.15) is 33.6 Å². The first kappa shape index (κ1) is 16.8. The minimum Gasteiger partial charge on any atom is -0.481 e. The van der Waals surface area contributed by atoms with Gasteiger partial charge < -0.3 is 15.3 Å². The number of hydrogen-bond donors (Lipinski definition) is 2. The summed E-state index contributed by atoms with van der Waals surface area (Å²) in [6, 6.07) is -0.430. The monoisotopic (exact) mass is 302 g/mol. The van der Waals surface area contributed by atoms with Crippen LogP contribution in [0.2, 0.25) is 0 Å². The average Bonchev–Trinajstić information content (AvgIpc) is 2.86. The molecule has 1 rings (SSSR count). The Morgan fingerprint density at radius 3 is 2.60 bits per heavy atom. The van der Waals surface area contributed by atoms with Crippen LogP contribution in [0.15, 0.2) is 0 Å². The van der Waals surface area contributed by atoms with E-state index in [2.05, 4.69) is 5.32 Å². The molecular formula is C13H22N2O4S. The molecule has 0 spiro atoms. The van der Waals surface area contributed by atoms with E-state index < -0.39 is 17.4 Å². The first-order valence-electron chi connectivity index (χ1n) is 6.68. The molecule has 0 aromatic carbocycles. The summed E-state index contributed by atoms with van der Waals surface area (Å²) in [5, 5.41) is 11.7. The van der Waals surface area contributed by atoms with Gasteiger partial charge in [0.1, 0.15) is 6.04 Å². The number of aliphatic carboxylic acids is 1. The second-order valence-corrected chi connectivity index (χ2v) is 6.46. The van der Waals surface area contributed by atoms with Crippen molar-refractivity contribution in [1.29, 1.82) is 0 Å². The molecule has 1 aliphatic rings. The maximum absolute atomic E-state index is 12.1. The third kappa shape index (κ3) is 4.13. The fraction of sp³-hybridized carbons (Fsp3) is 0.769. The minimum absolute atomic E-state index is 0.0268. The third-order valence-corrected chi connectivity index (χ3v) is 4.45. The summed E-state index contributed by atoms with van der Waals surface area (Å²) in [4.78, 5) is 36.3. The lowest BCUT2D eigenvalue weighted by Crippen LogP contribution is -2.47. The molecule has 0 aromatic heterocycles. The van der Waals surface area contributed by atoms with Crippen LogP contribution in [0, 0.1) is 5.41 Å². The van der Waals surface area contributed by atoms with E-state index in [1.165, 1.54) is 0 Å². The molecule has 1 unspecified atom stereocenters. The molecule has 1 saturated heterocycles. The van der Waals surface area contributed by atoms with E-state index in [4.69, 9.17) is 5.11 Å². The number of amides is 2. The normalized spacial score (nSPS) is 18.9. The molecule has 0 aromatic rings. The lowest BCUT2D eigenvalue weighted by molar-refractivity contribution is -0.147. The van der Waals surface area contributed by atoms with Gasteiger partial charge in [-0.2, -0.15) is 0 Å². The molecule has 1 fully saturated rings. The van der Waals surface area contributed by atoms with Crippen LogP contribution in [-0.4, -0.2) is 52.0 Å². The summed E-state index contributed by atoms with van der Waals surface area (Å²) in [5.74, 6) is 0.0376. The van der Waals surface area contributed by atoms with Gasteiger partial charge in [-0.15, -0.1) is 11.8 Å². The number of carbonyl (C=O) groups is 3. The standard InChI is InChI=1S/C13H22N2O4S/c1-4-10(16)15-8-20-7-9(15)11(17)14-6-5-13(2,3)12(18)19/h9H,4-8H2,1-3H3,(H,14,17)(H,18,19). The molecule has 1 heterocycles. The zero-order chi connectivity index (χ0) is 15.3. The van der Waals surface area contributed by atoms with E-state index in [9.17, 15) is 14.4 Å². The van der Waals surface area contributed by atoms with Crippen molar-refractivity contribution in [2.24, 2.45) is 5.41 Å². The van der Waals surface area contributed by atoms with E-state index >= 15 is 0 Å². The highest BCUT2D eigenvalue weighted by molar-refractivity contribution is 7.99.